The Morgan fingerprint density at radius 3 is 2.54 bits per heavy atom. The van der Waals surface area contributed by atoms with Gasteiger partial charge in [-0.1, -0.05) is 18.2 Å². The number of nitrogens with two attached hydrogens (primary N) is 1. The van der Waals surface area contributed by atoms with Crippen LogP contribution in [0.1, 0.15) is 24.1 Å². The fraction of sp³-hybridized carbons (Fsp3) is 0.400. The van der Waals surface area contributed by atoms with Gasteiger partial charge in [0, 0.05) is 37.9 Å². The van der Waals surface area contributed by atoms with E-state index in [1.165, 1.54) is 12.1 Å². The van der Waals surface area contributed by atoms with Crippen molar-refractivity contribution in [3.8, 4) is 0 Å². The van der Waals surface area contributed by atoms with E-state index in [2.05, 4.69) is 4.98 Å². The third-order valence-corrected chi connectivity index (χ3v) is 4.61. The summed E-state index contributed by atoms with van der Waals surface area (Å²) in [4.78, 5) is 19.1. The van der Waals surface area contributed by atoms with E-state index in [0.29, 0.717) is 32.5 Å². The molecule has 2 heterocycles. The van der Waals surface area contributed by atoms with Crippen molar-refractivity contribution < 1.29 is 13.9 Å². The highest BCUT2D eigenvalue weighted by Gasteiger charge is 2.32. The second-order valence-electron chi connectivity index (χ2n) is 6.52. The number of ether oxygens (including phenoxy) is 1. The van der Waals surface area contributed by atoms with Crippen LogP contribution in [0.4, 0.5) is 4.39 Å². The molecule has 0 bridgehead atoms. The number of aromatic nitrogens is 1. The molecular weight excluding hydrogens is 404 g/mol. The van der Waals surface area contributed by atoms with Gasteiger partial charge in [-0.25, -0.2) is 4.39 Å². The Labute approximate surface area is 177 Å². The van der Waals surface area contributed by atoms with E-state index in [1.54, 1.807) is 23.2 Å². The summed E-state index contributed by atoms with van der Waals surface area (Å²) in [7, 11) is 0. The highest BCUT2D eigenvalue weighted by molar-refractivity contribution is 5.85. The summed E-state index contributed by atoms with van der Waals surface area (Å²) in [5.41, 5.74) is 7.46. The Morgan fingerprint density at radius 2 is 1.93 bits per heavy atom. The summed E-state index contributed by atoms with van der Waals surface area (Å²) in [6.45, 7) is 1.37. The summed E-state index contributed by atoms with van der Waals surface area (Å²) in [6.07, 6.45) is 3.38. The number of benzene rings is 1. The molecule has 0 spiro atoms. The lowest BCUT2D eigenvalue weighted by Gasteiger charge is -2.26. The largest absolute Gasteiger partial charge is 0.364 e. The fourth-order valence-electron chi connectivity index (χ4n) is 3.14. The molecule has 1 fully saturated rings. The van der Waals surface area contributed by atoms with Crippen molar-refractivity contribution in [2.24, 2.45) is 5.73 Å². The van der Waals surface area contributed by atoms with E-state index in [0.717, 1.165) is 17.7 Å². The fourth-order valence-corrected chi connectivity index (χ4v) is 3.14. The first-order valence-electron chi connectivity index (χ1n) is 8.94. The zero-order chi connectivity index (χ0) is 18.4. The summed E-state index contributed by atoms with van der Waals surface area (Å²) in [6, 6.07) is 12.0. The molecule has 1 aliphatic heterocycles. The molecule has 0 radical (unpaired) electrons. The number of rotatable bonds is 7. The van der Waals surface area contributed by atoms with Gasteiger partial charge >= 0.3 is 0 Å². The highest BCUT2D eigenvalue weighted by Crippen LogP contribution is 2.22. The number of halogens is 3. The second kappa shape index (κ2) is 12.0. The molecule has 3 rings (SSSR count). The first-order chi connectivity index (χ1) is 12.7. The summed E-state index contributed by atoms with van der Waals surface area (Å²) < 4.78 is 18.9. The minimum absolute atomic E-state index is 0. The Morgan fingerprint density at radius 1 is 1.18 bits per heavy atom. The van der Waals surface area contributed by atoms with Crippen molar-refractivity contribution >= 4 is 30.7 Å². The number of hydrogen-bond donors (Lipinski definition) is 1. The number of pyridine rings is 1. The van der Waals surface area contributed by atoms with Crippen LogP contribution in [0.25, 0.3) is 0 Å². The first kappa shape index (κ1) is 24.3. The third kappa shape index (κ3) is 6.71. The van der Waals surface area contributed by atoms with Crippen LogP contribution in [-0.4, -0.2) is 41.1 Å². The molecule has 1 aromatic carbocycles. The van der Waals surface area contributed by atoms with Gasteiger partial charge in [0.05, 0.1) is 6.10 Å². The molecule has 1 aromatic heterocycles. The highest BCUT2D eigenvalue weighted by atomic mass is 35.5. The van der Waals surface area contributed by atoms with Gasteiger partial charge < -0.3 is 15.4 Å². The zero-order valence-corrected chi connectivity index (χ0v) is 17.1. The molecule has 0 saturated carbocycles. The molecule has 2 N–H and O–H groups in total. The molecule has 8 heteroatoms. The van der Waals surface area contributed by atoms with Crippen LogP contribution < -0.4 is 5.73 Å². The van der Waals surface area contributed by atoms with E-state index in [9.17, 15) is 9.18 Å². The van der Waals surface area contributed by atoms with Crippen molar-refractivity contribution in [2.45, 2.75) is 38.0 Å². The lowest BCUT2D eigenvalue weighted by molar-refractivity contribution is -0.143. The van der Waals surface area contributed by atoms with Gasteiger partial charge in [0.25, 0.3) is 5.91 Å². The Balaban J connectivity index is 0.00000196. The van der Waals surface area contributed by atoms with Gasteiger partial charge in [-0.05, 0) is 42.7 Å². The third-order valence-electron chi connectivity index (χ3n) is 4.61. The van der Waals surface area contributed by atoms with E-state index in [4.69, 9.17) is 10.5 Å². The Kier molecular flexibility index (Phi) is 10.4. The van der Waals surface area contributed by atoms with E-state index in [1.807, 2.05) is 18.2 Å². The van der Waals surface area contributed by atoms with Gasteiger partial charge in [-0.2, -0.15) is 0 Å². The predicted octanol–water partition coefficient (Wildman–Crippen LogP) is 3.14. The van der Waals surface area contributed by atoms with Crippen molar-refractivity contribution in [2.75, 3.05) is 13.1 Å². The minimum atomic E-state index is -0.451. The second-order valence-corrected chi connectivity index (χ2v) is 6.52. The molecule has 0 unspecified atom stereocenters. The average molecular weight is 430 g/mol. The lowest BCUT2D eigenvalue weighted by atomic mass is 10.1. The van der Waals surface area contributed by atoms with Gasteiger partial charge in [0.1, 0.15) is 11.9 Å². The molecule has 154 valence electrons. The van der Waals surface area contributed by atoms with E-state index < -0.39 is 6.10 Å². The lowest BCUT2D eigenvalue weighted by Crippen LogP contribution is -2.40. The average Bonchev–Trinajstić information content (AvgIpc) is 3.16. The molecule has 1 amide bonds. The Bertz CT molecular complexity index is 719. The quantitative estimate of drug-likeness (QED) is 0.733. The van der Waals surface area contributed by atoms with Crippen molar-refractivity contribution in [3.63, 3.8) is 0 Å². The maximum absolute atomic E-state index is 13.2. The normalized spacial score (nSPS) is 18.1. The van der Waals surface area contributed by atoms with Gasteiger partial charge in [0.15, 0.2) is 0 Å². The molecule has 1 aliphatic rings. The van der Waals surface area contributed by atoms with E-state index >= 15 is 0 Å². The number of carbonyl (C=O) groups is 1. The summed E-state index contributed by atoms with van der Waals surface area (Å²) in [5, 5.41) is 0. The van der Waals surface area contributed by atoms with Gasteiger partial charge in [-0.15, -0.1) is 24.8 Å². The summed E-state index contributed by atoms with van der Waals surface area (Å²) in [5.74, 6) is -0.328. The first-order valence-corrected chi connectivity index (χ1v) is 8.94. The number of hydrogen-bond acceptors (Lipinski definition) is 4. The monoisotopic (exact) mass is 429 g/mol. The number of carbonyl (C=O) groups excluding carboxylic acids is 1. The molecule has 5 nitrogen and oxygen atoms in total. The van der Waals surface area contributed by atoms with Crippen LogP contribution in [0.5, 0.6) is 0 Å². The molecule has 1 saturated heterocycles. The summed E-state index contributed by atoms with van der Waals surface area (Å²) >= 11 is 0. The molecule has 2 atom stereocenters. The Hall–Kier alpha value is -1.73. The maximum Gasteiger partial charge on any atom is 0.252 e. The number of amides is 1. The SMILES string of the molecule is Cl.Cl.NC[C@H]1CC[C@@H](C(=O)N(CCc2ccccn2)Cc2ccc(F)cc2)O1. The standard InChI is InChI=1S/C20H24FN3O2.2ClH/c21-16-6-4-15(5-7-16)14-24(12-10-17-3-1-2-11-23-17)20(25)19-9-8-18(13-22)26-19;;/h1-7,11,18-19H,8-10,12-14,22H2;2*1H/t18-,19+;;/m1../s1. The van der Waals surface area contributed by atoms with Crippen LogP contribution in [0.15, 0.2) is 48.7 Å². The van der Waals surface area contributed by atoms with Crippen LogP contribution in [0.3, 0.4) is 0 Å². The minimum Gasteiger partial charge on any atom is -0.364 e. The molecule has 28 heavy (non-hydrogen) atoms. The van der Waals surface area contributed by atoms with E-state index in [-0.39, 0.29) is 42.6 Å². The van der Waals surface area contributed by atoms with Gasteiger partial charge in [-0.3, -0.25) is 9.78 Å². The van der Waals surface area contributed by atoms with Crippen molar-refractivity contribution in [3.05, 3.63) is 65.7 Å². The van der Waals surface area contributed by atoms with Crippen LogP contribution in [0.2, 0.25) is 0 Å². The van der Waals surface area contributed by atoms with Crippen molar-refractivity contribution in [1.29, 1.82) is 0 Å². The number of nitrogens with zero attached hydrogens (tertiary/aromatic N) is 2. The topological polar surface area (TPSA) is 68.5 Å². The molecular formula is C20H26Cl2FN3O2. The maximum atomic E-state index is 13.2. The van der Waals surface area contributed by atoms with Gasteiger partial charge in [0.2, 0.25) is 0 Å². The van der Waals surface area contributed by atoms with Crippen molar-refractivity contribution in [1.82, 2.24) is 9.88 Å². The van der Waals surface area contributed by atoms with Crippen LogP contribution in [-0.2, 0) is 22.5 Å². The zero-order valence-electron chi connectivity index (χ0n) is 15.5. The van der Waals surface area contributed by atoms with Crippen LogP contribution in [0, 0.1) is 5.82 Å². The molecule has 0 aliphatic carbocycles. The smallest absolute Gasteiger partial charge is 0.252 e. The van der Waals surface area contributed by atoms with Crippen LogP contribution >= 0.6 is 24.8 Å². The molecule has 2 aromatic rings. The predicted molar refractivity (Wildman–Crippen MR) is 111 cm³/mol.